The normalized spacial score (nSPS) is 15.7. The van der Waals surface area contributed by atoms with Crippen molar-refractivity contribution in [3.63, 3.8) is 0 Å². The molecule has 6 nitrogen and oxygen atoms in total. The summed E-state index contributed by atoms with van der Waals surface area (Å²) in [5, 5.41) is 4.13. The minimum atomic E-state index is -0.545. The molecule has 0 saturated carbocycles. The van der Waals surface area contributed by atoms with E-state index < -0.39 is 6.04 Å². The Morgan fingerprint density at radius 3 is 2.24 bits per heavy atom. The second kappa shape index (κ2) is 8.99. The summed E-state index contributed by atoms with van der Waals surface area (Å²) in [6.45, 7) is 4.08. The van der Waals surface area contributed by atoms with Gasteiger partial charge in [0.1, 0.15) is 12.6 Å². The van der Waals surface area contributed by atoms with E-state index in [1.165, 1.54) is 0 Å². The SMILES string of the molecule is Cc1ccc(NC(=O)C2CSCN2C(=O)Cn2c3ccccc3c(=O)c3ccccc32)cc1C. The van der Waals surface area contributed by atoms with Crippen molar-refractivity contribution in [3.05, 3.63) is 88.1 Å². The molecular formula is C27H25N3O3S. The molecule has 0 radical (unpaired) electrons. The zero-order valence-electron chi connectivity index (χ0n) is 19.1. The molecule has 172 valence electrons. The average molecular weight is 472 g/mol. The number of aryl methyl sites for hydroxylation is 2. The number of hydrogen-bond donors (Lipinski definition) is 1. The van der Waals surface area contributed by atoms with Crippen molar-refractivity contribution < 1.29 is 9.59 Å². The van der Waals surface area contributed by atoms with Crippen molar-refractivity contribution in [2.75, 3.05) is 16.9 Å². The van der Waals surface area contributed by atoms with Gasteiger partial charge in [0.25, 0.3) is 0 Å². The summed E-state index contributed by atoms with van der Waals surface area (Å²) in [5.74, 6) is 0.675. The molecule has 34 heavy (non-hydrogen) atoms. The van der Waals surface area contributed by atoms with Crippen LogP contribution in [0.15, 0.2) is 71.5 Å². The summed E-state index contributed by atoms with van der Waals surface area (Å²) < 4.78 is 1.88. The number of anilines is 1. The molecular weight excluding hydrogens is 446 g/mol. The Balaban J connectivity index is 1.44. The van der Waals surface area contributed by atoms with Crippen LogP contribution in [0.5, 0.6) is 0 Å². The smallest absolute Gasteiger partial charge is 0.248 e. The van der Waals surface area contributed by atoms with E-state index in [0.29, 0.717) is 33.4 Å². The van der Waals surface area contributed by atoms with Crippen molar-refractivity contribution in [2.24, 2.45) is 0 Å². The Hall–Kier alpha value is -3.58. The number of pyridine rings is 1. The molecule has 0 aliphatic carbocycles. The van der Waals surface area contributed by atoms with Crippen LogP contribution in [0.1, 0.15) is 11.1 Å². The molecule has 7 heteroatoms. The second-order valence-electron chi connectivity index (χ2n) is 8.62. The number of carbonyl (C=O) groups excluding carboxylic acids is 2. The standard InChI is InChI=1S/C27H25N3O3S/c1-17-11-12-19(13-18(17)2)28-27(33)24-15-34-16-30(24)25(31)14-29-22-9-5-3-7-20(22)26(32)21-8-4-6-10-23(21)29/h3-13,24H,14-16H2,1-2H3,(H,28,33). The van der Waals surface area contributed by atoms with Crippen LogP contribution < -0.4 is 10.7 Å². The van der Waals surface area contributed by atoms with Crippen molar-refractivity contribution in [1.82, 2.24) is 9.47 Å². The maximum atomic E-state index is 13.5. The first-order valence-electron chi connectivity index (χ1n) is 11.2. The van der Waals surface area contributed by atoms with Crippen molar-refractivity contribution >= 4 is 51.1 Å². The molecule has 1 atom stereocenters. The van der Waals surface area contributed by atoms with Gasteiger partial charge in [-0.3, -0.25) is 14.4 Å². The number of nitrogens with zero attached hydrogens (tertiary/aromatic N) is 2. The lowest BCUT2D eigenvalue weighted by molar-refractivity contribution is -0.136. The largest absolute Gasteiger partial charge is 0.331 e. The predicted molar refractivity (Wildman–Crippen MR) is 138 cm³/mol. The Labute approximate surface area is 201 Å². The molecule has 0 bridgehead atoms. The first-order valence-corrected chi connectivity index (χ1v) is 12.3. The number of hydrogen-bond acceptors (Lipinski definition) is 4. The van der Waals surface area contributed by atoms with Crippen LogP contribution in [0.25, 0.3) is 21.8 Å². The number of carbonyl (C=O) groups is 2. The van der Waals surface area contributed by atoms with Gasteiger partial charge in [0.05, 0.1) is 16.9 Å². The third kappa shape index (κ3) is 3.96. The first kappa shape index (κ1) is 22.2. The van der Waals surface area contributed by atoms with Gasteiger partial charge in [-0.2, -0.15) is 0 Å². The van der Waals surface area contributed by atoms with Crippen LogP contribution >= 0.6 is 11.8 Å². The number of fused-ring (bicyclic) bond motifs is 2. The number of benzene rings is 3. The van der Waals surface area contributed by atoms with E-state index in [1.807, 2.05) is 73.0 Å². The molecule has 0 spiro atoms. The van der Waals surface area contributed by atoms with Gasteiger partial charge in [-0.05, 0) is 61.4 Å². The second-order valence-corrected chi connectivity index (χ2v) is 9.62. The minimum Gasteiger partial charge on any atom is -0.331 e. The van der Waals surface area contributed by atoms with Gasteiger partial charge in [-0.25, -0.2) is 0 Å². The van der Waals surface area contributed by atoms with Crippen LogP contribution in [-0.2, 0) is 16.1 Å². The van der Waals surface area contributed by atoms with Gasteiger partial charge in [0.2, 0.25) is 11.8 Å². The third-order valence-corrected chi connectivity index (χ3v) is 7.46. The maximum Gasteiger partial charge on any atom is 0.248 e. The molecule has 5 rings (SSSR count). The number of rotatable bonds is 4. The number of para-hydroxylation sites is 2. The van der Waals surface area contributed by atoms with Gasteiger partial charge in [-0.15, -0.1) is 11.8 Å². The van der Waals surface area contributed by atoms with E-state index in [-0.39, 0.29) is 23.8 Å². The fourth-order valence-electron chi connectivity index (χ4n) is 4.42. The van der Waals surface area contributed by atoms with Crippen LogP contribution in [-0.4, -0.2) is 39.0 Å². The Kier molecular flexibility index (Phi) is 5.87. The first-order chi connectivity index (χ1) is 16.4. The zero-order valence-corrected chi connectivity index (χ0v) is 19.9. The third-order valence-electron chi connectivity index (χ3n) is 6.45. The lowest BCUT2D eigenvalue weighted by atomic mass is 10.1. The number of amides is 2. The van der Waals surface area contributed by atoms with Gasteiger partial charge < -0.3 is 14.8 Å². The highest BCUT2D eigenvalue weighted by Crippen LogP contribution is 2.25. The molecule has 2 amide bonds. The molecule has 3 aromatic carbocycles. The molecule has 1 aromatic heterocycles. The quantitative estimate of drug-likeness (QED) is 0.450. The van der Waals surface area contributed by atoms with Gasteiger partial charge in [0.15, 0.2) is 5.43 Å². The topological polar surface area (TPSA) is 71.4 Å². The van der Waals surface area contributed by atoms with Gasteiger partial charge >= 0.3 is 0 Å². The molecule has 1 fully saturated rings. The molecule has 1 N–H and O–H groups in total. The van der Waals surface area contributed by atoms with E-state index in [1.54, 1.807) is 28.8 Å². The van der Waals surface area contributed by atoms with E-state index in [4.69, 9.17) is 0 Å². The Morgan fingerprint density at radius 2 is 1.59 bits per heavy atom. The lowest BCUT2D eigenvalue weighted by Crippen LogP contribution is -2.45. The highest BCUT2D eigenvalue weighted by Gasteiger charge is 2.35. The lowest BCUT2D eigenvalue weighted by Gasteiger charge is -2.25. The van der Waals surface area contributed by atoms with Crippen molar-refractivity contribution in [2.45, 2.75) is 26.4 Å². The average Bonchev–Trinajstić information content (AvgIpc) is 3.34. The molecule has 1 saturated heterocycles. The van der Waals surface area contributed by atoms with E-state index >= 15 is 0 Å². The summed E-state index contributed by atoms with van der Waals surface area (Å²) in [4.78, 5) is 41.2. The van der Waals surface area contributed by atoms with E-state index in [9.17, 15) is 14.4 Å². The summed E-state index contributed by atoms with van der Waals surface area (Å²) in [7, 11) is 0. The van der Waals surface area contributed by atoms with E-state index in [2.05, 4.69) is 5.32 Å². The molecule has 4 aromatic rings. The van der Waals surface area contributed by atoms with Crippen LogP contribution in [0.4, 0.5) is 5.69 Å². The highest BCUT2D eigenvalue weighted by molar-refractivity contribution is 7.99. The molecule has 1 aliphatic heterocycles. The fourth-order valence-corrected chi connectivity index (χ4v) is 5.60. The summed E-state index contributed by atoms with van der Waals surface area (Å²) in [5.41, 5.74) is 4.37. The fraction of sp³-hybridized carbons (Fsp3) is 0.222. The van der Waals surface area contributed by atoms with Crippen molar-refractivity contribution in [3.8, 4) is 0 Å². The minimum absolute atomic E-state index is 0.0442. The van der Waals surface area contributed by atoms with Gasteiger partial charge in [0, 0.05) is 22.2 Å². The number of nitrogens with one attached hydrogen (secondary N) is 1. The number of thioether (sulfide) groups is 1. The molecule has 1 unspecified atom stereocenters. The summed E-state index contributed by atoms with van der Waals surface area (Å²) in [6, 6.07) is 19.9. The maximum absolute atomic E-state index is 13.5. The van der Waals surface area contributed by atoms with Crippen LogP contribution in [0.2, 0.25) is 0 Å². The summed E-state index contributed by atoms with van der Waals surface area (Å²) >= 11 is 1.57. The van der Waals surface area contributed by atoms with Crippen molar-refractivity contribution in [1.29, 1.82) is 0 Å². The Morgan fingerprint density at radius 1 is 0.941 bits per heavy atom. The van der Waals surface area contributed by atoms with Crippen LogP contribution in [0.3, 0.4) is 0 Å². The zero-order chi connectivity index (χ0) is 23.8. The highest BCUT2D eigenvalue weighted by atomic mass is 32.2. The monoisotopic (exact) mass is 471 g/mol. The Bertz CT molecular complexity index is 1430. The number of aromatic nitrogens is 1. The summed E-state index contributed by atoms with van der Waals surface area (Å²) in [6.07, 6.45) is 0. The molecule has 2 heterocycles. The predicted octanol–water partition coefficient (Wildman–Crippen LogP) is 4.31. The van der Waals surface area contributed by atoms with Gasteiger partial charge in [-0.1, -0.05) is 30.3 Å². The van der Waals surface area contributed by atoms with Crippen LogP contribution in [0, 0.1) is 13.8 Å². The van der Waals surface area contributed by atoms with E-state index in [0.717, 1.165) is 16.8 Å². The molecule has 1 aliphatic rings.